The Bertz CT molecular complexity index is 569. The van der Waals surface area contributed by atoms with Crippen molar-refractivity contribution in [2.24, 2.45) is 5.73 Å². The van der Waals surface area contributed by atoms with Gasteiger partial charge in [-0.05, 0) is 38.0 Å². The SMILES string of the molecule is Cc1cc(C)c(N(C)c2ccnc(CN)n2)c(C)c1. The molecule has 2 aromatic rings. The van der Waals surface area contributed by atoms with E-state index in [1.54, 1.807) is 6.20 Å². The zero-order valence-corrected chi connectivity index (χ0v) is 11.9. The summed E-state index contributed by atoms with van der Waals surface area (Å²) in [5.41, 5.74) is 10.5. The molecule has 0 spiro atoms. The predicted octanol–water partition coefficient (Wildman–Crippen LogP) is 2.63. The molecule has 1 heterocycles. The van der Waals surface area contributed by atoms with Crippen LogP contribution in [-0.4, -0.2) is 17.0 Å². The van der Waals surface area contributed by atoms with Crippen LogP contribution in [0.3, 0.4) is 0 Å². The molecule has 0 aliphatic heterocycles. The number of nitrogens with two attached hydrogens (primary N) is 1. The van der Waals surface area contributed by atoms with Gasteiger partial charge in [0.1, 0.15) is 11.6 Å². The Labute approximate surface area is 114 Å². The van der Waals surface area contributed by atoms with E-state index >= 15 is 0 Å². The molecule has 1 aromatic heterocycles. The first-order valence-corrected chi connectivity index (χ1v) is 6.36. The maximum Gasteiger partial charge on any atom is 0.144 e. The molecule has 0 aliphatic rings. The minimum absolute atomic E-state index is 0.355. The van der Waals surface area contributed by atoms with Crippen molar-refractivity contribution in [1.29, 1.82) is 0 Å². The summed E-state index contributed by atoms with van der Waals surface area (Å²) >= 11 is 0. The number of benzene rings is 1. The molecule has 1 aromatic carbocycles. The Morgan fingerprint density at radius 3 is 2.37 bits per heavy atom. The second-order valence-corrected chi connectivity index (χ2v) is 4.84. The molecule has 100 valence electrons. The zero-order valence-electron chi connectivity index (χ0n) is 11.9. The number of hydrogen-bond acceptors (Lipinski definition) is 4. The third-order valence-electron chi connectivity index (χ3n) is 3.19. The molecule has 19 heavy (non-hydrogen) atoms. The zero-order chi connectivity index (χ0) is 14.0. The minimum atomic E-state index is 0.355. The first kappa shape index (κ1) is 13.5. The normalized spacial score (nSPS) is 10.6. The van der Waals surface area contributed by atoms with Gasteiger partial charge in [0.05, 0.1) is 6.54 Å². The lowest BCUT2D eigenvalue weighted by atomic mass is 10.0. The van der Waals surface area contributed by atoms with Crippen LogP contribution in [0.5, 0.6) is 0 Å². The van der Waals surface area contributed by atoms with E-state index in [-0.39, 0.29) is 0 Å². The van der Waals surface area contributed by atoms with Crippen molar-refractivity contribution in [2.45, 2.75) is 27.3 Å². The fourth-order valence-electron chi connectivity index (χ4n) is 2.49. The van der Waals surface area contributed by atoms with Crippen LogP contribution >= 0.6 is 0 Å². The molecule has 0 bridgehead atoms. The van der Waals surface area contributed by atoms with Crippen molar-refractivity contribution < 1.29 is 0 Å². The highest BCUT2D eigenvalue weighted by molar-refractivity contribution is 5.67. The molecule has 4 heteroatoms. The van der Waals surface area contributed by atoms with Gasteiger partial charge in [-0.25, -0.2) is 9.97 Å². The molecule has 2 N–H and O–H groups in total. The summed E-state index contributed by atoms with van der Waals surface area (Å²) in [6.07, 6.45) is 1.75. The Hall–Kier alpha value is -1.94. The van der Waals surface area contributed by atoms with E-state index in [1.807, 2.05) is 13.1 Å². The van der Waals surface area contributed by atoms with Crippen molar-refractivity contribution in [2.75, 3.05) is 11.9 Å². The highest BCUT2D eigenvalue weighted by atomic mass is 15.2. The van der Waals surface area contributed by atoms with Gasteiger partial charge in [-0.1, -0.05) is 17.7 Å². The third-order valence-corrected chi connectivity index (χ3v) is 3.19. The molecule has 4 nitrogen and oxygen atoms in total. The summed E-state index contributed by atoms with van der Waals surface area (Å²) in [6, 6.07) is 6.27. The molecule has 0 aliphatic carbocycles. The van der Waals surface area contributed by atoms with E-state index in [0.717, 1.165) is 5.82 Å². The predicted molar refractivity (Wildman–Crippen MR) is 78.6 cm³/mol. The van der Waals surface area contributed by atoms with Gasteiger partial charge in [-0.2, -0.15) is 0 Å². The Balaban J connectivity index is 2.46. The van der Waals surface area contributed by atoms with Gasteiger partial charge >= 0.3 is 0 Å². The number of aromatic nitrogens is 2. The lowest BCUT2D eigenvalue weighted by Crippen LogP contribution is -2.16. The topological polar surface area (TPSA) is 55.0 Å². The smallest absolute Gasteiger partial charge is 0.144 e. The van der Waals surface area contributed by atoms with Crippen molar-refractivity contribution >= 4 is 11.5 Å². The van der Waals surface area contributed by atoms with Gasteiger partial charge in [-0.3, -0.25) is 0 Å². The average molecular weight is 256 g/mol. The number of hydrogen-bond donors (Lipinski definition) is 1. The average Bonchev–Trinajstić information content (AvgIpc) is 2.37. The number of aryl methyl sites for hydroxylation is 3. The lowest BCUT2D eigenvalue weighted by molar-refractivity contribution is 0.897. The molecular formula is C15H20N4. The van der Waals surface area contributed by atoms with Gasteiger partial charge in [0.15, 0.2) is 0 Å². The summed E-state index contributed by atoms with van der Waals surface area (Å²) in [7, 11) is 2.02. The largest absolute Gasteiger partial charge is 0.329 e. The van der Waals surface area contributed by atoms with Gasteiger partial charge in [0.25, 0.3) is 0 Å². The van der Waals surface area contributed by atoms with E-state index in [2.05, 4.69) is 47.8 Å². The van der Waals surface area contributed by atoms with Crippen molar-refractivity contribution in [1.82, 2.24) is 9.97 Å². The standard InChI is InChI=1S/C15H20N4/c1-10-7-11(2)15(12(3)8-10)19(4)14-5-6-17-13(9-16)18-14/h5-8H,9,16H2,1-4H3. The highest BCUT2D eigenvalue weighted by Crippen LogP contribution is 2.29. The molecule has 0 amide bonds. The first-order chi connectivity index (χ1) is 9.02. The van der Waals surface area contributed by atoms with Crippen LogP contribution in [0, 0.1) is 20.8 Å². The van der Waals surface area contributed by atoms with Crippen LogP contribution in [0.2, 0.25) is 0 Å². The van der Waals surface area contributed by atoms with Crippen LogP contribution in [-0.2, 0) is 6.54 Å². The lowest BCUT2D eigenvalue weighted by Gasteiger charge is -2.23. The van der Waals surface area contributed by atoms with Crippen LogP contribution in [0.4, 0.5) is 11.5 Å². The molecule has 0 unspecified atom stereocenters. The fourth-order valence-corrected chi connectivity index (χ4v) is 2.49. The van der Waals surface area contributed by atoms with Gasteiger partial charge in [0.2, 0.25) is 0 Å². The second-order valence-electron chi connectivity index (χ2n) is 4.84. The monoisotopic (exact) mass is 256 g/mol. The van der Waals surface area contributed by atoms with Crippen molar-refractivity contribution in [3.63, 3.8) is 0 Å². The van der Waals surface area contributed by atoms with Crippen LogP contribution in [0.1, 0.15) is 22.5 Å². The van der Waals surface area contributed by atoms with E-state index in [1.165, 1.54) is 22.4 Å². The summed E-state index contributed by atoms with van der Waals surface area (Å²) < 4.78 is 0. The molecule has 0 saturated carbocycles. The molecule has 0 fully saturated rings. The van der Waals surface area contributed by atoms with Gasteiger partial charge < -0.3 is 10.6 Å². The highest BCUT2D eigenvalue weighted by Gasteiger charge is 2.12. The van der Waals surface area contributed by atoms with Gasteiger partial charge in [0, 0.05) is 18.9 Å². The second kappa shape index (κ2) is 5.36. The van der Waals surface area contributed by atoms with E-state index in [0.29, 0.717) is 12.4 Å². The minimum Gasteiger partial charge on any atom is -0.329 e. The van der Waals surface area contributed by atoms with Gasteiger partial charge in [-0.15, -0.1) is 0 Å². The number of nitrogens with zero attached hydrogens (tertiary/aromatic N) is 3. The molecule has 0 atom stereocenters. The van der Waals surface area contributed by atoms with Crippen LogP contribution < -0.4 is 10.6 Å². The van der Waals surface area contributed by atoms with Crippen molar-refractivity contribution in [3.05, 3.63) is 46.9 Å². The molecule has 0 saturated heterocycles. The Morgan fingerprint density at radius 1 is 1.16 bits per heavy atom. The Morgan fingerprint density at radius 2 is 1.79 bits per heavy atom. The number of anilines is 2. The molecular weight excluding hydrogens is 236 g/mol. The van der Waals surface area contributed by atoms with E-state index in [4.69, 9.17) is 5.73 Å². The van der Waals surface area contributed by atoms with Crippen molar-refractivity contribution in [3.8, 4) is 0 Å². The molecule has 0 radical (unpaired) electrons. The van der Waals surface area contributed by atoms with E-state index < -0.39 is 0 Å². The van der Waals surface area contributed by atoms with E-state index in [9.17, 15) is 0 Å². The summed E-state index contributed by atoms with van der Waals surface area (Å²) in [5.74, 6) is 1.53. The van der Waals surface area contributed by atoms with Crippen LogP contribution in [0.15, 0.2) is 24.4 Å². The third kappa shape index (κ3) is 2.74. The fraction of sp³-hybridized carbons (Fsp3) is 0.333. The quantitative estimate of drug-likeness (QED) is 0.917. The summed E-state index contributed by atoms with van der Waals surface area (Å²) in [6.45, 7) is 6.71. The Kier molecular flexibility index (Phi) is 3.81. The number of rotatable bonds is 3. The summed E-state index contributed by atoms with van der Waals surface area (Å²) in [4.78, 5) is 10.7. The summed E-state index contributed by atoms with van der Waals surface area (Å²) in [5, 5.41) is 0. The maximum absolute atomic E-state index is 5.59. The first-order valence-electron chi connectivity index (χ1n) is 6.36. The maximum atomic E-state index is 5.59. The molecule has 2 rings (SSSR count). The van der Waals surface area contributed by atoms with Crippen LogP contribution in [0.25, 0.3) is 0 Å².